The molecule has 2 nitrogen and oxygen atoms in total. The molecule has 0 heterocycles. The van der Waals surface area contributed by atoms with E-state index in [-0.39, 0.29) is 0 Å². The van der Waals surface area contributed by atoms with Crippen molar-refractivity contribution < 1.29 is 0 Å². The summed E-state index contributed by atoms with van der Waals surface area (Å²) in [6.45, 7) is 2.85. The van der Waals surface area contributed by atoms with Crippen LogP contribution in [0.15, 0.2) is 54.6 Å². The number of hydrogen-bond donors (Lipinski definition) is 1. The summed E-state index contributed by atoms with van der Waals surface area (Å²) < 4.78 is 0. The maximum Gasteiger partial charge on any atom is 0.128 e. The number of amidine groups is 1. The first-order chi connectivity index (χ1) is 8.66. The van der Waals surface area contributed by atoms with Crippen LogP contribution in [0.5, 0.6) is 0 Å². The fourth-order valence-electron chi connectivity index (χ4n) is 1.98. The van der Waals surface area contributed by atoms with Crippen LogP contribution in [0.25, 0.3) is 0 Å². The Morgan fingerprint density at radius 3 is 2.44 bits per heavy atom. The molecular weight excluding hydrogens is 220 g/mol. The molecule has 0 aromatic heterocycles. The van der Waals surface area contributed by atoms with E-state index in [9.17, 15) is 0 Å². The van der Waals surface area contributed by atoms with Crippen molar-refractivity contribution in [2.24, 2.45) is 0 Å². The Labute approximate surface area is 108 Å². The average molecular weight is 238 g/mol. The van der Waals surface area contributed by atoms with Crippen molar-refractivity contribution >= 4 is 5.84 Å². The average Bonchev–Trinajstić information content (AvgIpc) is 2.39. The maximum atomic E-state index is 8.16. The molecule has 2 heteroatoms. The lowest BCUT2D eigenvalue weighted by atomic mass is 10.1. The first kappa shape index (κ1) is 12.4. The number of aryl methyl sites for hydroxylation is 1. The lowest BCUT2D eigenvalue weighted by molar-refractivity contribution is 0.498. The molecule has 18 heavy (non-hydrogen) atoms. The van der Waals surface area contributed by atoms with Gasteiger partial charge in [0.25, 0.3) is 0 Å². The minimum atomic E-state index is 0.553. The third-order valence-electron chi connectivity index (χ3n) is 2.93. The summed E-state index contributed by atoms with van der Waals surface area (Å²) in [5.74, 6) is 0.553. The van der Waals surface area contributed by atoms with E-state index in [0.717, 1.165) is 12.1 Å². The van der Waals surface area contributed by atoms with Crippen molar-refractivity contribution in [3.63, 3.8) is 0 Å². The van der Waals surface area contributed by atoms with E-state index in [1.807, 2.05) is 42.3 Å². The molecule has 0 radical (unpaired) electrons. The zero-order valence-electron chi connectivity index (χ0n) is 10.9. The summed E-state index contributed by atoms with van der Waals surface area (Å²) in [4.78, 5) is 1.96. The van der Waals surface area contributed by atoms with Crippen LogP contribution < -0.4 is 0 Å². The first-order valence-corrected chi connectivity index (χ1v) is 6.07. The molecule has 0 saturated heterocycles. The fourth-order valence-corrected chi connectivity index (χ4v) is 1.98. The van der Waals surface area contributed by atoms with Gasteiger partial charge in [0.1, 0.15) is 5.84 Å². The number of nitrogens with one attached hydrogen (secondary N) is 1. The molecule has 0 aliphatic carbocycles. The van der Waals surface area contributed by atoms with Gasteiger partial charge in [0.15, 0.2) is 0 Å². The molecule has 0 fully saturated rings. The molecule has 0 aliphatic heterocycles. The predicted octanol–water partition coefficient (Wildman–Crippen LogP) is 3.45. The molecule has 2 aromatic rings. The summed E-state index contributed by atoms with van der Waals surface area (Å²) >= 11 is 0. The Kier molecular flexibility index (Phi) is 3.78. The van der Waals surface area contributed by atoms with E-state index in [1.165, 1.54) is 11.1 Å². The van der Waals surface area contributed by atoms with E-state index >= 15 is 0 Å². The lowest BCUT2D eigenvalue weighted by Crippen LogP contribution is -2.26. The van der Waals surface area contributed by atoms with E-state index in [1.54, 1.807) is 0 Å². The van der Waals surface area contributed by atoms with Crippen molar-refractivity contribution in [1.29, 1.82) is 5.41 Å². The highest BCUT2D eigenvalue weighted by Crippen LogP contribution is 2.09. The number of benzene rings is 2. The van der Waals surface area contributed by atoms with Crippen LogP contribution in [-0.4, -0.2) is 17.8 Å². The number of rotatable bonds is 3. The summed E-state index contributed by atoms with van der Waals surface area (Å²) in [6.07, 6.45) is 0. The van der Waals surface area contributed by atoms with E-state index < -0.39 is 0 Å². The Bertz CT molecular complexity index is 532. The Morgan fingerprint density at radius 2 is 1.78 bits per heavy atom. The van der Waals surface area contributed by atoms with E-state index in [2.05, 4.69) is 31.2 Å². The maximum absolute atomic E-state index is 8.16. The van der Waals surface area contributed by atoms with Gasteiger partial charge in [-0.3, -0.25) is 5.41 Å². The Hall–Kier alpha value is -2.09. The standard InChI is InChI=1S/C16H18N2/c1-13-7-6-8-14(11-13)12-18(2)16(17)15-9-4-3-5-10-15/h3-11,17H,12H2,1-2H3. The van der Waals surface area contributed by atoms with Crippen molar-refractivity contribution in [3.8, 4) is 0 Å². The molecule has 0 atom stereocenters. The summed E-state index contributed by atoms with van der Waals surface area (Å²) in [5, 5.41) is 8.16. The van der Waals surface area contributed by atoms with Gasteiger partial charge in [-0.1, -0.05) is 60.2 Å². The smallest absolute Gasteiger partial charge is 0.128 e. The van der Waals surface area contributed by atoms with Crippen molar-refractivity contribution in [2.45, 2.75) is 13.5 Å². The van der Waals surface area contributed by atoms with E-state index in [0.29, 0.717) is 5.84 Å². The zero-order valence-corrected chi connectivity index (χ0v) is 10.9. The normalized spacial score (nSPS) is 10.1. The van der Waals surface area contributed by atoms with Crippen molar-refractivity contribution in [1.82, 2.24) is 4.90 Å². The molecule has 0 aliphatic rings. The highest BCUT2D eigenvalue weighted by molar-refractivity contribution is 5.96. The fraction of sp³-hybridized carbons (Fsp3) is 0.188. The van der Waals surface area contributed by atoms with Crippen molar-refractivity contribution in [2.75, 3.05) is 7.05 Å². The molecule has 92 valence electrons. The second-order valence-corrected chi connectivity index (χ2v) is 4.56. The van der Waals surface area contributed by atoms with Crippen LogP contribution in [0.2, 0.25) is 0 Å². The second-order valence-electron chi connectivity index (χ2n) is 4.56. The van der Waals surface area contributed by atoms with Gasteiger partial charge in [-0.05, 0) is 12.5 Å². The molecule has 0 unspecified atom stereocenters. The lowest BCUT2D eigenvalue weighted by Gasteiger charge is -2.20. The highest BCUT2D eigenvalue weighted by Gasteiger charge is 2.07. The van der Waals surface area contributed by atoms with E-state index in [4.69, 9.17) is 5.41 Å². The van der Waals surface area contributed by atoms with Gasteiger partial charge in [-0.25, -0.2) is 0 Å². The van der Waals surface area contributed by atoms with Gasteiger partial charge in [-0.2, -0.15) is 0 Å². The van der Waals surface area contributed by atoms with Crippen LogP contribution in [0, 0.1) is 12.3 Å². The zero-order chi connectivity index (χ0) is 13.0. The van der Waals surface area contributed by atoms with Gasteiger partial charge < -0.3 is 4.90 Å². The topological polar surface area (TPSA) is 27.1 Å². The number of nitrogens with zero attached hydrogens (tertiary/aromatic N) is 1. The number of hydrogen-bond acceptors (Lipinski definition) is 1. The Morgan fingerprint density at radius 1 is 1.06 bits per heavy atom. The molecule has 1 N–H and O–H groups in total. The molecule has 2 aromatic carbocycles. The van der Waals surface area contributed by atoms with Gasteiger partial charge in [0, 0.05) is 19.2 Å². The van der Waals surface area contributed by atoms with Crippen molar-refractivity contribution in [3.05, 3.63) is 71.3 Å². The van der Waals surface area contributed by atoms with Gasteiger partial charge in [-0.15, -0.1) is 0 Å². The first-order valence-electron chi connectivity index (χ1n) is 6.07. The summed E-state index contributed by atoms with van der Waals surface area (Å²) in [7, 11) is 1.96. The minimum Gasteiger partial charge on any atom is -0.355 e. The van der Waals surface area contributed by atoms with Crippen LogP contribution >= 0.6 is 0 Å². The summed E-state index contributed by atoms with van der Waals surface area (Å²) in [6, 6.07) is 18.2. The molecule has 0 saturated carbocycles. The second kappa shape index (κ2) is 5.50. The van der Waals surface area contributed by atoms with Gasteiger partial charge in [0.2, 0.25) is 0 Å². The molecular formula is C16H18N2. The molecule has 0 bridgehead atoms. The monoisotopic (exact) mass is 238 g/mol. The van der Waals surface area contributed by atoms with Crippen LogP contribution in [-0.2, 0) is 6.54 Å². The van der Waals surface area contributed by atoms with Crippen LogP contribution in [0.1, 0.15) is 16.7 Å². The third-order valence-corrected chi connectivity index (χ3v) is 2.93. The predicted molar refractivity (Wildman–Crippen MR) is 75.9 cm³/mol. The quantitative estimate of drug-likeness (QED) is 0.643. The molecule has 0 spiro atoms. The van der Waals surface area contributed by atoms with Gasteiger partial charge >= 0.3 is 0 Å². The molecule has 0 amide bonds. The summed E-state index contributed by atoms with van der Waals surface area (Å²) in [5.41, 5.74) is 3.44. The SMILES string of the molecule is Cc1cccc(CN(C)C(=N)c2ccccc2)c1. The van der Waals surface area contributed by atoms with Crippen LogP contribution in [0.4, 0.5) is 0 Å². The van der Waals surface area contributed by atoms with Crippen LogP contribution in [0.3, 0.4) is 0 Å². The highest BCUT2D eigenvalue weighted by atomic mass is 15.1. The largest absolute Gasteiger partial charge is 0.355 e. The van der Waals surface area contributed by atoms with Gasteiger partial charge in [0.05, 0.1) is 0 Å². The Balaban J connectivity index is 2.09. The minimum absolute atomic E-state index is 0.553. The molecule has 2 rings (SSSR count). The third kappa shape index (κ3) is 2.98.